The number of nitrogens with one attached hydrogen (secondary N) is 1. The van der Waals surface area contributed by atoms with Crippen LogP contribution in [0.25, 0.3) is 0 Å². The van der Waals surface area contributed by atoms with E-state index in [1.54, 1.807) is 31.2 Å². The highest BCUT2D eigenvalue weighted by atomic mass is 35.5. The van der Waals surface area contributed by atoms with Gasteiger partial charge in [-0.1, -0.05) is 11.6 Å². The lowest BCUT2D eigenvalue weighted by Crippen LogP contribution is -2.49. The fourth-order valence-corrected chi connectivity index (χ4v) is 1.60. The Labute approximate surface area is 110 Å². The zero-order valence-electron chi connectivity index (χ0n) is 8.77. The van der Waals surface area contributed by atoms with Crippen molar-refractivity contribution in [3.63, 3.8) is 0 Å². The van der Waals surface area contributed by atoms with Crippen LogP contribution in [0.2, 0.25) is 5.02 Å². The molecule has 16 heavy (non-hydrogen) atoms. The molecular weight excluding hydrogens is 268 g/mol. The molecule has 0 bridgehead atoms. The summed E-state index contributed by atoms with van der Waals surface area (Å²) >= 11 is 17.2. The Morgan fingerprint density at radius 1 is 1.25 bits per heavy atom. The highest BCUT2D eigenvalue weighted by molar-refractivity contribution is 6.30. The Morgan fingerprint density at radius 2 is 1.75 bits per heavy atom. The number of carbonyl (C=O) groups excluding carboxylic acids is 1. The standard InChI is InChI=1S/C11H12Cl3NO/c1-11(6-12,7-13)15-10(16)8-2-4-9(14)5-3-8/h2-5H,6-7H2,1H3,(H,15,16). The van der Waals surface area contributed by atoms with Gasteiger partial charge in [0.15, 0.2) is 0 Å². The van der Waals surface area contributed by atoms with E-state index in [0.717, 1.165) is 0 Å². The Bertz CT molecular complexity index is 360. The second-order valence-corrected chi connectivity index (χ2v) is 4.76. The molecule has 1 aromatic rings. The molecule has 0 aliphatic carbocycles. The quantitative estimate of drug-likeness (QED) is 0.842. The number of halogens is 3. The molecule has 0 aromatic heterocycles. The van der Waals surface area contributed by atoms with Crippen molar-refractivity contribution in [3.05, 3.63) is 34.9 Å². The molecule has 0 aliphatic heterocycles. The number of amides is 1. The summed E-state index contributed by atoms with van der Waals surface area (Å²) in [6.07, 6.45) is 0. The third-order valence-electron chi connectivity index (χ3n) is 2.11. The van der Waals surface area contributed by atoms with Crippen LogP contribution in [0.1, 0.15) is 17.3 Å². The maximum absolute atomic E-state index is 11.8. The predicted octanol–water partition coefficient (Wildman–Crippen LogP) is 3.31. The Hall–Kier alpha value is -0.440. The van der Waals surface area contributed by atoms with Gasteiger partial charge in [-0.3, -0.25) is 4.79 Å². The summed E-state index contributed by atoms with van der Waals surface area (Å²) in [7, 11) is 0. The van der Waals surface area contributed by atoms with Crippen LogP contribution in [-0.4, -0.2) is 23.2 Å². The first-order valence-electron chi connectivity index (χ1n) is 4.71. The van der Waals surface area contributed by atoms with Crippen LogP contribution < -0.4 is 5.32 Å². The van der Waals surface area contributed by atoms with Gasteiger partial charge in [0.2, 0.25) is 0 Å². The lowest BCUT2D eigenvalue weighted by molar-refractivity contribution is 0.0921. The summed E-state index contributed by atoms with van der Waals surface area (Å²) in [6, 6.07) is 6.63. The predicted molar refractivity (Wildman–Crippen MR) is 68.8 cm³/mol. The smallest absolute Gasteiger partial charge is 0.251 e. The van der Waals surface area contributed by atoms with E-state index in [0.29, 0.717) is 10.6 Å². The second kappa shape index (κ2) is 5.76. The zero-order chi connectivity index (χ0) is 12.2. The van der Waals surface area contributed by atoms with Crippen LogP contribution >= 0.6 is 34.8 Å². The van der Waals surface area contributed by atoms with Crippen LogP contribution in [0.4, 0.5) is 0 Å². The fraction of sp³-hybridized carbons (Fsp3) is 0.364. The second-order valence-electron chi connectivity index (χ2n) is 3.79. The summed E-state index contributed by atoms with van der Waals surface area (Å²) in [4.78, 5) is 11.8. The van der Waals surface area contributed by atoms with E-state index in [4.69, 9.17) is 34.8 Å². The van der Waals surface area contributed by atoms with Gasteiger partial charge in [0, 0.05) is 22.3 Å². The van der Waals surface area contributed by atoms with E-state index < -0.39 is 5.54 Å². The van der Waals surface area contributed by atoms with Crippen molar-refractivity contribution in [1.82, 2.24) is 5.32 Å². The highest BCUT2D eigenvalue weighted by Gasteiger charge is 2.24. The molecule has 0 spiro atoms. The Balaban J connectivity index is 2.76. The normalized spacial score (nSPS) is 11.2. The fourth-order valence-electron chi connectivity index (χ4n) is 1.05. The van der Waals surface area contributed by atoms with Crippen molar-refractivity contribution in [2.45, 2.75) is 12.5 Å². The molecule has 0 radical (unpaired) electrons. The lowest BCUT2D eigenvalue weighted by atomic mass is 10.1. The number of carbonyl (C=O) groups is 1. The summed E-state index contributed by atoms with van der Waals surface area (Å²) in [5.74, 6) is 0.312. The SMILES string of the molecule is CC(CCl)(CCl)NC(=O)c1ccc(Cl)cc1. The van der Waals surface area contributed by atoms with Crippen molar-refractivity contribution in [1.29, 1.82) is 0 Å². The number of hydrogen-bond donors (Lipinski definition) is 1. The molecule has 0 saturated carbocycles. The highest BCUT2D eigenvalue weighted by Crippen LogP contribution is 2.13. The average Bonchev–Trinajstić information content (AvgIpc) is 2.29. The van der Waals surface area contributed by atoms with Crippen molar-refractivity contribution in [3.8, 4) is 0 Å². The van der Waals surface area contributed by atoms with Gasteiger partial charge >= 0.3 is 0 Å². The van der Waals surface area contributed by atoms with Crippen LogP contribution in [0, 0.1) is 0 Å². The molecule has 1 amide bonds. The molecule has 0 fully saturated rings. The first kappa shape index (κ1) is 13.6. The van der Waals surface area contributed by atoms with E-state index in [9.17, 15) is 4.79 Å². The van der Waals surface area contributed by atoms with Gasteiger partial charge in [-0.25, -0.2) is 0 Å². The average molecular weight is 281 g/mol. The monoisotopic (exact) mass is 279 g/mol. The minimum absolute atomic E-state index is 0.208. The van der Waals surface area contributed by atoms with Gasteiger partial charge in [-0.05, 0) is 31.2 Å². The molecule has 0 unspecified atom stereocenters. The molecule has 5 heteroatoms. The summed E-state index contributed by atoms with van der Waals surface area (Å²) in [5.41, 5.74) is -0.0642. The molecular formula is C11H12Cl3NO. The maximum atomic E-state index is 11.8. The molecule has 1 N–H and O–H groups in total. The van der Waals surface area contributed by atoms with Crippen molar-refractivity contribution in [2.24, 2.45) is 0 Å². The van der Waals surface area contributed by atoms with Crippen molar-refractivity contribution in [2.75, 3.05) is 11.8 Å². The largest absolute Gasteiger partial charge is 0.344 e. The van der Waals surface area contributed by atoms with Gasteiger partial charge in [-0.2, -0.15) is 0 Å². The third-order valence-corrected chi connectivity index (χ3v) is 3.54. The molecule has 88 valence electrons. The molecule has 0 aliphatic rings. The first-order valence-corrected chi connectivity index (χ1v) is 6.15. The minimum Gasteiger partial charge on any atom is -0.344 e. The minimum atomic E-state index is -0.597. The first-order chi connectivity index (χ1) is 7.50. The van der Waals surface area contributed by atoms with E-state index in [1.165, 1.54) is 0 Å². The molecule has 0 saturated heterocycles. The maximum Gasteiger partial charge on any atom is 0.251 e. The summed E-state index contributed by atoms with van der Waals surface area (Å²) in [6.45, 7) is 1.79. The van der Waals surface area contributed by atoms with E-state index in [-0.39, 0.29) is 17.7 Å². The van der Waals surface area contributed by atoms with Gasteiger partial charge in [0.1, 0.15) is 0 Å². The van der Waals surface area contributed by atoms with Crippen LogP contribution in [-0.2, 0) is 0 Å². The van der Waals surface area contributed by atoms with Crippen molar-refractivity contribution >= 4 is 40.7 Å². The van der Waals surface area contributed by atoms with E-state index >= 15 is 0 Å². The van der Waals surface area contributed by atoms with E-state index in [1.807, 2.05) is 0 Å². The van der Waals surface area contributed by atoms with Gasteiger partial charge in [-0.15, -0.1) is 23.2 Å². The van der Waals surface area contributed by atoms with Gasteiger partial charge in [0.25, 0.3) is 5.91 Å². The summed E-state index contributed by atoms with van der Waals surface area (Å²) in [5, 5.41) is 3.37. The number of alkyl halides is 2. The third kappa shape index (κ3) is 3.55. The van der Waals surface area contributed by atoms with Crippen LogP contribution in [0.3, 0.4) is 0 Å². The number of benzene rings is 1. The van der Waals surface area contributed by atoms with Gasteiger partial charge in [0.05, 0.1) is 5.54 Å². The number of rotatable bonds is 4. The summed E-state index contributed by atoms with van der Waals surface area (Å²) < 4.78 is 0. The molecule has 0 heterocycles. The molecule has 2 nitrogen and oxygen atoms in total. The number of hydrogen-bond acceptors (Lipinski definition) is 1. The molecule has 1 aromatic carbocycles. The topological polar surface area (TPSA) is 29.1 Å². The van der Waals surface area contributed by atoms with Crippen LogP contribution in [0.5, 0.6) is 0 Å². The molecule has 1 rings (SSSR count). The Kier molecular flexibility index (Phi) is 4.90. The van der Waals surface area contributed by atoms with Crippen molar-refractivity contribution < 1.29 is 4.79 Å². The Morgan fingerprint density at radius 3 is 2.19 bits per heavy atom. The van der Waals surface area contributed by atoms with E-state index in [2.05, 4.69) is 5.32 Å². The zero-order valence-corrected chi connectivity index (χ0v) is 11.0. The van der Waals surface area contributed by atoms with Gasteiger partial charge < -0.3 is 5.32 Å². The van der Waals surface area contributed by atoms with Crippen LogP contribution in [0.15, 0.2) is 24.3 Å². The molecule has 0 atom stereocenters. The lowest BCUT2D eigenvalue weighted by Gasteiger charge is -2.25.